The molecule has 0 aliphatic heterocycles. The molecule has 1 aromatic carbocycles. The van der Waals surface area contributed by atoms with E-state index in [9.17, 15) is 14.0 Å². The number of carbonyl (C=O) groups excluding carboxylic acids is 2. The number of aliphatic hydroxyl groups excluding tert-OH is 1. The van der Waals surface area contributed by atoms with E-state index in [1.165, 1.54) is 31.2 Å². The number of aliphatic hydroxyl groups is 1. The van der Waals surface area contributed by atoms with Gasteiger partial charge in [-0.05, 0) is 23.5 Å². The summed E-state index contributed by atoms with van der Waals surface area (Å²) in [5, 5.41) is 11.5. The Balaban J connectivity index is 0.00000361. The van der Waals surface area contributed by atoms with Gasteiger partial charge in [0.05, 0.1) is 0 Å². The van der Waals surface area contributed by atoms with Crippen LogP contribution in [0.15, 0.2) is 35.6 Å². The number of ketones is 1. The Bertz CT molecular complexity index is 538. The summed E-state index contributed by atoms with van der Waals surface area (Å²) in [4.78, 5) is 22.9. The predicted octanol–water partition coefficient (Wildman–Crippen LogP) is 1.63. The van der Waals surface area contributed by atoms with E-state index in [1.54, 1.807) is 0 Å². The minimum absolute atomic E-state index is 0. The van der Waals surface area contributed by atoms with Gasteiger partial charge in [-0.1, -0.05) is 12.1 Å². The summed E-state index contributed by atoms with van der Waals surface area (Å²) in [6.45, 7) is 6.71. The van der Waals surface area contributed by atoms with Crippen LogP contribution in [0, 0.1) is 18.5 Å². The summed E-state index contributed by atoms with van der Waals surface area (Å²) in [6, 6.07) is 5.48. The Morgan fingerprint density at radius 2 is 1.90 bits per heavy atom. The largest absolute Gasteiger partial charge is 0.543 e. The first-order chi connectivity index (χ1) is 8.95. The smallest absolute Gasteiger partial charge is 0.133 e. The van der Waals surface area contributed by atoms with Gasteiger partial charge >= 0.3 is 0 Å². The van der Waals surface area contributed by atoms with Crippen molar-refractivity contribution >= 4 is 11.7 Å². The van der Waals surface area contributed by atoms with Crippen LogP contribution in [0.4, 0.5) is 4.39 Å². The molecule has 0 spiro atoms. The third-order valence-electron chi connectivity index (χ3n) is 2.31. The molecule has 0 heterocycles. The van der Waals surface area contributed by atoms with Crippen LogP contribution in [0.2, 0.25) is 0 Å². The van der Waals surface area contributed by atoms with Crippen molar-refractivity contribution in [1.82, 2.24) is 5.32 Å². The van der Waals surface area contributed by atoms with Crippen molar-refractivity contribution in [2.75, 3.05) is 0 Å². The maximum Gasteiger partial charge on any atom is 0.133 e. The second kappa shape index (κ2) is 8.77. The van der Waals surface area contributed by atoms with Gasteiger partial charge in [-0.2, -0.15) is 0 Å². The van der Waals surface area contributed by atoms with E-state index < -0.39 is 23.0 Å². The van der Waals surface area contributed by atoms with Crippen molar-refractivity contribution in [3.63, 3.8) is 0 Å². The maximum atomic E-state index is 12.7. The van der Waals surface area contributed by atoms with Crippen LogP contribution in [0.3, 0.4) is 0 Å². The summed E-state index contributed by atoms with van der Waals surface area (Å²) in [6.07, 6.45) is 2.18. The number of nitrogens with one attached hydrogen (secondary N) is 1. The Hall–Kier alpha value is -1.33. The molecule has 103 valence electrons. The van der Waals surface area contributed by atoms with E-state index in [-0.39, 0.29) is 45.1 Å². The van der Waals surface area contributed by atoms with Gasteiger partial charge in [-0.3, -0.25) is 0 Å². The van der Waals surface area contributed by atoms with Crippen LogP contribution in [-0.2, 0) is 48.8 Å². The molecule has 1 aromatic rings. The average molecular weight is 350 g/mol. The minimum atomic E-state index is -0.987. The van der Waals surface area contributed by atoms with Crippen molar-refractivity contribution in [3.05, 3.63) is 59.6 Å². The number of carbonyl (C=O) groups is 2. The Kier molecular flexibility index (Phi) is 8.19. The maximum absolute atomic E-state index is 12.7. The van der Waals surface area contributed by atoms with Gasteiger partial charge in [0.2, 0.25) is 0 Å². The molecular weight excluding hydrogens is 338 g/mol. The first kappa shape index (κ1) is 18.7. The zero-order chi connectivity index (χ0) is 14.4. The quantitative estimate of drug-likeness (QED) is 0.279. The zero-order valence-electron chi connectivity index (χ0n) is 10.8. The van der Waals surface area contributed by atoms with E-state index >= 15 is 0 Å². The molecule has 6 heteroatoms. The fraction of sp³-hybridized carbons (Fsp3) is 0.143. The van der Waals surface area contributed by atoms with Crippen LogP contribution in [-0.4, -0.2) is 16.8 Å². The van der Waals surface area contributed by atoms with Gasteiger partial charge in [0.15, 0.2) is 0 Å². The molecule has 4 nitrogen and oxygen atoms in total. The Labute approximate surface area is 141 Å². The van der Waals surface area contributed by atoms with Gasteiger partial charge in [-0.25, -0.2) is 17.0 Å². The molecule has 0 saturated heterocycles. The Morgan fingerprint density at radius 3 is 2.40 bits per heavy atom. The van der Waals surface area contributed by atoms with E-state index in [0.29, 0.717) is 5.56 Å². The van der Waals surface area contributed by atoms with Crippen molar-refractivity contribution in [1.29, 1.82) is 0 Å². The van der Waals surface area contributed by atoms with Crippen molar-refractivity contribution in [2.24, 2.45) is 0 Å². The number of rotatable bonds is 5. The molecule has 1 radical (unpaired) electrons. The number of halogens is 1. The standard InChI is InChI=1S/C14H12FNO3.Y/c1-3-12(17)13(18)9(2)14(19)16-8-10-4-6-11(15)7-5-10;/h2,4-7,17H,8H2,1H3,(H,16,19);/q-2;. The number of hydrogen-bond donors (Lipinski definition) is 2. The number of allylic oxidation sites excluding steroid dienone is 2. The number of benzene rings is 1. The molecule has 0 saturated carbocycles. The van der Waals surface area contributed by atoms with Gasteiger partial charge < -0.3 is 20.0 Å². The summed E-state index contributed by atoms with van der Waals surface area (Å²) < 4.78 is 12.7. The average Bonchev–Trinajstić information content (AvgIpc) is 2.43. The van der Waals surface area contributed by atoms with Crippen molar-refractivity contribution < 1.29 is 51.8 Å². The second-order valence-corrected chi connectivity index (χ2v) is 3.65. The minimum Gasteiger partial charge on any atom is -0.543 e. The molecule has 2 N–H and O–H groups in total. The van der Waals surface area contributed by atoms with E-state index in [2.05, 4.69) is 11.4 Å². The number of amides is 1. The molecule has 0 fully saturated rings. The SMILES string of the molecule is [CH-]=C(C(=O)NCc1ccc(F)cc1)C(=O)C(O)=[C-]C.[Y]. The van der Waals surface area contributed by atoms with Crippen LogP contribution < -0.4 is 5.32 Å². The third-order valence-corrected chi connectivity index (χ3v) is 2.31. The van der Waals surface area contributed by atoms with E-state index in [4.69, 9.17) is 11.7 Å². The first-order valence-corrected chi connectivity index (χ1v) is 5.39. The Morgan fingerprint density at radius 1 is 1.35 bits per heavy atom. The fourth-order valence-corrected chi connectivity index (χ4v) is 1.22. The molecule has 20 heavy (non-hydrogen) atoms. The van der Waals surface area contributed by atoms with E-state index in [1.807, 2.05) is 0 Å². The third kappa shape index (κ3) is 5.35. The van der Waals surface area contributed by atoms with Gasteiger partial charge in [0.1, 0.15) is 11.7 Å². The molecule has 0 atom stereocenters. The first-order valence-electron chi connectivity index (χ1n) is 5.39. The zero-order valence-corrected chi connectivity index (χ0v) is 13.7. The number of hydrogen-bond acceptors (Lipinski definition) is 3. The second-order valence-electron chi connectivity index (χ2n) is 3.65. The summed E-state index contributed by atoms with van der Waals surface area (Å²) in [5.41, 5.74) is 0.0192. The molecule has 1 rings (SSSR count). The summed E-state index contributed by atoms with van der Waals surface area (Å²) in [5.74, 6) is -2.89. The molecular formula is C14H12FNO3Y-2. The van der Waals surface area contributed by atoms with Crippen molar-refractivity contribution in [3.8, 4) is 0 Å². The van der Waals surface area contributed by atoms with E-state index in [0.717, 1.165) is 0 Å². The van der Waals surface area contributed by atoms with Gasteiger partial charge in [-0.15, -0.1) is 12.5 Å². The monoisotopic (exact) mass is 350 g/mol. The van der Waals surface area contributed by atoms with Crippen LogP contribution in [0.1, 0.15) is 12.5 Å². The molecule has 0 aromatic heterocycles. The predicted molar refractivity (Wildman–Crippen MR) is 66.1 cm³/mol. The number of Topliss-reactive ketones (excluding diaryl/α,β-unsaturated/α-hetero) is 1. The van der Waals surface area contributed by atoms with Crippen LogP contribution in [0.5, 0.6) is 0 Å². The van der Waals surface area contributed by atoms with Crippen molar-refractivity contribution in [2.45, 2.75) is 13.5 Å². The molecule has 0 bridgehead atoms. The van der Waals surface area contributed by atoms with Gasteiger partial charge in [0.25, 0.3) is 0 Å². The molecule has 0 aliphatic carbocycles. The van der Waals surface area contributed by atoms with Gasteiger partial charge in [0, 0.05) is 45.0 Å². The summed E-state index contributed by atoms with van der Waals surface area (Å²) in [7, 11) is 0. The van der Waals surface area contributed by atoms with Crippen LogP contribution in [0.25, 0.3) is 0 Å². The fourth-order valence-electron chi connectivity index (χ4n) is 1.22. The molecule has 1 amide bonds. The topological polar surface area (TPSA) is 66.4 Å². The summed E-state index contributed by atoms with van der Waals surface area (Å²) >= 11 is 0. The molecule has 0 unspecified atom stereocenters. The normalized spacial score (nSPS) is 10.4. The van der Waals surface area contributed by atoms with Crippen LogP contribution >= 0.6 is 0 Å². The molecule has 0 aliphatic rings.